The van der Waals surface area contributed by atoms with Crippen LogP contribution in [-0.2, 0) is 0 Å². The third kappa shape index (κ3) is 3.34. The van der Waals surface area contributed by atoms with E-state index in [9.17, 15) is 4.79 Å². The maximum Gasteiger partial charge on any atom is 0.266 e. The van der Waals surface area contributed by atoms with Gasteiger partial charge in [0.2, 0.25) is 0 Å². The van der Waals surface area contributed by atoms with E-state index < -0.39 is 0 Å². The van der Waals surface area contributed by atoms with Crippen molar-refractivity contribution in [2.75, 3.05) is 31.5 Å². The lowest BCUT2D eigenvalue weighted by Crippen LogP contribution is -2.22. The van der Waals surface area contributed by atoms with Crippen LogP contribution in [-0.4, -0.2) is 41.3 Å². The molecule has 0 atom stereocenters. The predicted molar refractivity (Wildman–Crippen MR) is 63.6 cm³/mol. The molecule has 16 heavy (non-hydrogen) atoms. The average Bonchev–Trinajstić information content (AvgIpc) is 2.77. The van der Waals surface area contributed by atoms with Gasteiger partial charge >= 0.3 is 0 Å². The second-order valence-electron chi connectivity index (χ2n) is 4.16. The monoisotopic (exact) mass is 222 g/mol. The Labute approximate surface area is 94.9 Å². The summed E-state index contributed by atoms with van der Waals surface area (Å²) in [6.07, 6.45) is 5.42. The van der Waals surface area contributed by atoms with Crippen molar-refractivity contribution in [1.29, 1.82) is 0 Å². The average molecular weight is 222 g/mol. The van der Waals surface area contributed by atoms with Crippen molar-refractivity contribution in [2.45, 2.75) is 19.3 Å². The Morgan fingerprint density at radius 3 is 3.00 bits per heavy atom. The van der Waals surface area contributed by atoms with Gasteiger partial charge in [-0.3, -0.25) is 4.79 Å². The lowest BCUT2D eigenvalue weighted by molar-refractivity contribution is 0.337. The zero-order valence-electron chi connectivity index (χ0n) is 9.41. The van der Waals surface area contributed by atoms with Gasteiger partial charge in [0.15, 0.2) is 0 Å². The fourth-order valence-electron chi connectivity index (χ4n) is 2.01. The molecule has 5 nitrogen and oxygen atoms in total. The standard InChI is InChI=1S/C11H18N4O/c16-11-8-10(9-13-14-11)12-4-3-7-15-5-1-2-6-15/h8-9H,1-7H2,(H2,12,14,16). The van der Waals surface area contributed by atoms with Gasteiger partial charge in [0.1, 0.15) is 0 Å². The summed E-state index contributed by atoms with van der Waals surface area (Å²) in [5, 5.41) is 9.28. The predicted octanol–water partition coefficient (Wildman–Crippen LogP) is 0.668. The molecule has 1 fully saturated rings. The van der Waals surface area contributed by atoms with E-state index in [1.54, 1.807) is 6.20 Å². The van der Waals surface area contributed by atoms with E-state index in [2.05, 4.69) is 20.4 Å². The zero-order chi connectivity index (χ0) is 11.2. The van der Waals surface area contributed by atoms with Gasteiger partial charge in [-0.25, -0.2) is 5.10 Å². The molecule has 2 heterocycles. The van der Waals surface area contributed by atoms with Gasteiger partial charge in [0.05, 0.1) is 11.9 Å². The van der Waals surface area contributed by atoms with E-state index in [0.717, 1.165) is 25.2 Å². The number of H-pyrrole nitrogens is 1. The number of rotatable bonds is 5. The fraction of sp³-hybridized carbons (Fsp3) is 0.636. The Bertz CT molecular complexity index is 370. The van der Waals surface area contributed by atoms with E-state index in [4.69, 9.17) is 0 Å². The van der Waals surface area contributed by atoms with Gasteiger partial charge < -0.3 is 10.2 Å². The Hall–Kier alpha value is -1.36. The Morgan fingerprint density at radius 1 is 1.44 bits per heavy atom. The normalized spacial score (nSPS) is 16.5. The van der Waals surface area contributed by atoms with E-state index in [1.807, 2.05) is 0 Å². The molecule has 0 spiro atoms. The smallest absolute Gasteiger partial charge is 0.266 e. The molecule has 0 unspecified atom stereocenters. The van der Waals surface area contributed by atoms with Crippen LogP contribution in [0.1, 0.15) is 19.3 Å². The highest BCUT2D eigenvalue weighted by Crippen LogP contribution is 2.07. The maximum atomic E-state index is 11.0. The molecule has 1 aromatic rings. The molecule has 1 aromatic heterocycles. The van der Waals surface area contributed by atoms with Gasteiger partial charge in [0.25, 0.3) is 5.56 Å². The number of nitrogens with one attached hydrogen (secondary N) is 2. The van der Waals surface area contributed by atoms with Crippen LogP contribution < -0.4 is 10.9 Å². The minimum Gasteiger partial charge on any atom is -0.384 e. The van der Waals surface area contributed by atoms with Gasteiger partial charge in [-0.2, -0.15) is 5.10 Å². The number of anilines is 1. The SMILES string of the molecule is O=c1cc(NCCCN2CCCC2)cn[nH]1. The summed E-state index contributed by atoms with van der Waals surface area (Å²) in [5.41, 5.74) is 0.634. The molecule has 0 aromatic carbocycles. The van der Waals surface area contributed by atoms with Crippen LogP contribution in [0.15, 0.2) is 17.1 Å². The minimum absolute atomic E-state index is 0.162. The molecular weight excluding hydrogens is 204 g/mol. The second-order valence-corrected chi connectivity index (χ2v) is 4.16. The number of hydrogen-bond acceptors (Lipinski definition) is 4. The molecule has 1 aliphatic rings. The number of aromatic nitrogens is 2. The summed E-state index contributed by atoms with van der Waals surface area (Å²) < 4.78 is 0. The van der Waals surface area contributed by atoms with Crippen LogP contribution in [0.4, 0.5) is 5.69 Å². The Kier molecular flexibility index (Phi) is 3.93. The molecular formula is C11H18N4O. The van der Waals surface area contributed by atoms with Crippen molar-refractivity contribution in [2.24, 2.45) is 0 Å². The quantitative estimate of drug-likeness (QED) is 0.719. The number of likely N-dealkylation sites (tertiary alicyclic amines) is 1. The largest absolute Gasteiger partial charge is 0.384 e. The second kappa shape index (κ2) is 5.65. The highest BCUT2D eigenvalue weighted by molar-refractivity contribution is 5.38. The number of aromatic amines is 1. The number of nitrogens with zero attached hydrogens (tertiary/aromatic N) is 2. The zero-order valence-corrected chi connectivity index (χ0v) is 9.41. The topological polar surface area (TPSA) is 61.0 Å². The first kappa shape index (κ1) is 11.1. The van der Waals surface area contributed by atoms with Crippen molar-refractivity contribution >= 4 is 5.69 Å². The highest BCUT2D eigenvalue weighted by Gasteiger charge is 2.09. The third-order valence-corrected chi connectivity index (χ3v) is 2.84. The molecule has 0 radical (unpaired) electrons. The molecule has 0 saturated carbocycles. The summed E-state index contributed by atoms with van der Waals surface area (Å²) in [6.45, 7) is 4.52. The van der Waals surface area contributed by atoms with Gasteiger partial charge in [0, 0.05) is 12.6 Å². The molecule has 0 aliphatic carbocycles. The highest BCUT2D eigenvalue weighted by atomic mass is 16.1. The summed E-state index contributed by atoms with van der Waals surface area (Å²) in [7, 11) is 0. The van der Waals surface area contributed by atoms with Crippen molar-refractivity contribution in [3.05, 3.63) is 22.6 Å². The molecule has 2 N–H and O–H groups in total. The molecule has 1 aliphatic heterocycles. The summed E-state index contributed by atoms with van der Waals surface area (Å²) in [4.78, 5) is 13.4. The van der Waals surface area contributed by atoms with Gasteiger partial charge in [-0.05, 0) is 38.9 Å². The van der Waals surface area contributed by atoms with Crippen molar-refractivity contribution in [1.82, 2.24) is 15.1 Å². The van der Waals surface area contributed by atoms with Crippen molar-refractivity contribution in [3.8, 4) is 0 Å². The van der Waals surface area contributed by atoms with E-state index in [1.165, 1.54) is 32.0 Å². The molecule has 88 valence electrons. The Balaban J connectivity index is 1.66. The van der Waals surface area contributed by atoms with Gasteiger partial charge in [-0.15, -0.1) is 0 Å². The lowest BCUT2D eigenvalue weighted by atomic mass is 10.3. The van der Waals surface area contributed by atoms with Crippen molar-refractivity contribution < 1.29 is 0 Å². The van der Waals surface area contributed by atoms with E-state index >= 15 is 0 Å². The molecule has 0 bridgehead atoms. The first-order valence-electron chi connectivity index (χ1n) is 5.85. The molecule has 1 saturated heterocycles. The molecule has 0 amide bonds. The minimum atomic E-state index is -0.162. The first-order chi connectivity index (χ1) is 7.84. The number of hydrogen-bond donors (Lipinski definition) is 2. The van der Waals surface area contributed by atoms with Crippen molar-refractivity contribution in [3.63, 3.8) is 0 Å². The lowest BCUT2D eigenvalue weighted by Gasteiger charge is -2.14. The fourth-order valence-corrected chi connectivity index (χ4v) is 2.01. The van der Waals surface area contributed by atoms with Crippen LogP contribution in [0.5, 0.6) is 0 Å². The van der Waals surface area contributed by atoms with Crippen LogP contribution in [0.2, 0.25) is 0 Å². The summed E-state index contributed by atoms with van der Waals surface area (Å²) in [5.74, 6) is 0. The van der Waals surface area contributed by atoms with Crippen LogP contribution in [0, 0.1) is 0 Å². The Morgan fingerprint density at radius 2 is 2.25 bits per heavy atom. The summed E-state index contributed by atoms with van der Waals surface area (Å²) in [6, 6.07) is 1.53. The van der Waals surface area contributed by atoms with Crippen LogP contribution in [0.3, 0.4) is 0 Å². The van der Waals surface area contributed by atoms with E-state index in [0.29, 0.717) is 0 Å². The maximum absolute atomic E-state index is 11.0. The van der Waals surface area contributed by atoms with Crippen LogP contribution in [0.25, 0.3) is 0 Å². The van der Waals surface area contributed by atoms with Crippen LogP contribution >= 0.6 is 0 Å². The molecule has 5 heteroatoms. The third-order valence-electron chi connectivity index (χ3n) is 2.84. The van der Waals surface area contributed by atoms with E-state index in [-0.39, 0.29) is 5.56 Å². The first-order valence-corrected chi connectivity index (χ1v) is 5.85. The summed E-state index contributed by atoms with van der Waals surface area (Å²) >= 11 is 0. The molecule has 2 rings (SSSR count). The van der Waals surface area contributed by atoms with Gasteiger partial charge in [-0.1, -0.05) is 0 Å².